The fourth-order valence-corrected chi connectivity index (χ4v) is 3.67. The summed E-state index contributed by atoms with van der Waals surface area (Å²) in [6.07, 6.45) is 3.92. The van der Waals surface area contributed by atoms with Crippen LogP contribution in [0.5, 0.6) is 11.6 Å². The number of pyridine rings is 1. The molecular formula is C21H23BrFN3O3. The first-order valence-electron chi connectivity index (χ1n) is 9.64. The molecule has 0 spiro atoms. The minimum atomic E-state index is -0.401. The summed E-state index contributed by atoms with van der Waals surface area (Å²) >= 11 is 3.25. The molecule has 2 heterocycles. The maximum Gasteiger partial charge on any atom is 0.259 e. The predicted molar refractivity (Wildman–Crippen MR) is 110 cm³/mol. The Kier molecular flexibility index (Phi) is 7.19. The molecule has 0 saturated carbocycles. The molecule has 0 radical (unpaired) electrons. The summed E-state index contributed by atoms with van der Waals surface area (Å²) in [7, 11) is 0. The lowest BCUT2D eigenvalue weighted by Gasteiger charge is -2.32. The van der Waals surface area contributed by atoms with Gasteiger partial charge in [-0.25, -0.2) is 9.37 Å². The Hall–Kier alpha value is -2.48. The van der Waals surface area contributed by atoms with Gasteiger partial charge in [0.2, 0.25) is 11.8 Å². The zero-order valence-corrected chi connectivity index (χ0v) is 17.7. The molecule has 1 aliphatic heterocycles. The van der Waals surface area contributed by atoms with Gasteiger partial charge in [0.1, 0.15) is 17.1 Å². The number of hydrogen-bond donors (Lipinski definition) is 1. The Morgan fingerprint density at radius 2 is 2.21 bits per heavy atom. The normalized spacial score (nSPS) is 16.4. The van der Waals surface area contributed by atoms with E-state index in [4.69, 9.17) is 4.74 Å². The summed E-state index contributed by atoms with van der Waals surface area (Å²) in [5.41, 5.74) is 0.304. The summed E-state index contributed by atoms with van der Waals surface area (Å²) in [5.74, 6) is -0.368. The maximum absolute atomic E-state index is 13.3. The molecule has 1 aromatic heterocycles. The van der Waals surface area contributed by atoms with Crippen molar-refractivity contribution in [2.75, 3.05) is 19.6 Å². The van der Waals surface area contributed by atoms with E-state index < -0.39 is 5.82 Å². The molecule has 1 atom stereocenters. The van der Waals surface area contributed by atoms with Crippen LogP contribution in [0.1, 0.15) is 36.5 Å². The van der Waals surface area contributed by atoms with Gasteiger partial charge in [-0.1, -0.05) is 6.92 Å². The Labute approximate surface area is 177 Å². The van der Waals surface area contributed by atoms with Gasteiger partial charge in [0.15, 0.2) is 0 Å². The minimum Gasteiger partial charge on any atom is -0.437 e. The van der Waals surface area contributed by atoms with Crippen LogP contribution in [0.3, 0.4) is 0 Å². The summed E-state index contributed by atoms with van der Waals surface area (Å²) in [4.78, 5) is 31.3. The third kappa shape index (κ3) is 5.32. The Morgan fingerprint density at radius 3 is 2.97 bits per heavy atom. The van der Waals surface area contributed by atoms with Crippen molar-refractivity contribution >= 4 is 27.7 Å². The van der Waals surface area contributed by atoms with Gasteiger partial charge in [-0.2, -0.15) is 0 Å². The number of carbonyl (C=O) groups excluding carboxylic acids is 2. The number of hydrogen-bond acceptors (Lipinski definition) is 4. The summed E-state index contributed by atoms with van der Waals surface area (Å²) in [6.45, 7) is 3.57. The van der Waals surface area contributed by atoms with Crippen LogP contribution in [0.4, 0.5) is 4.39 Å². The number of halogens is 2. The van der Waals surface area contributed by atoms with Crippen molar-refractivity contribution < 1.29 is 18.7 Å². The second-order valence-corrected chi connectivity index (χ2v) is 7.77. The van der Waals surface area contributed by atoms with E-state index in [2.05, 4.69) is 26.2 Å². The van der Waals surface area contributed by atoms with E-state index in [9.17, 15) is 14.0 Å². The van der Waals surface area contributed by atoms with Crippen LogP contribution in [0.2, 0.25) is 0 Å². The summed E-state index contributed by atoms with van der Waals surface area (Å²) in [5, 5.41) is 2.91. The number of aromatic nitrogens is 1. The van der Waals surface area contributed by atoms with Crippen LogP contribution in [0.15, 0.2) is 41.0 Å². The number of piperidine rings is 1. The lowest BCUT2D eigenvalue weighted by molar-refractivity contribution is -0.126. The van der Waals surface area contributed by atoms with Crippen molar-refractivity contribution in [3.63, 3.8) is 0 Å². The van der Waals surface area contributed by atoms with Gasteiger partial charge in [-0.05, 0) is 65.5 Å². The number of ether oxygens (including phenoxy) is 1. The highest BCUT2D eigenvalue weighted by molar-refractivity contribution is 9.10. The molecule has 2 amide bonds. The van der Waals surface area contributed by atoms with Gasteiger partial charge in [0.05, 0.1) is 10.4 Å². The van der Waals surface area contributed by atoms with Gasteiger partial charge in [-0.3, -0.25) is 9.59 Å². The number of carbonyl (C=O) groups is 2. The number of likely N-dealkylation sites (tertiary alicyclic amines) is 1. The van der Waals surface area contributed by atoms with Crippen molar-refractivity contribution in [3.8, 4) is 11.6 Å². The largest absolute Gasteiger partial charge is 0.437 e. The molecule has 1 unspecified atom stereocenters. The molecule has 1 fully saturated rings. The average Bonchev–Trinajstić information content (AvgIpc) is 2.74. The van der Waals surface area contributed by atoms with Crippen LogP contribution in [-0.4, -0.2) is 41.3 Å². The van der Waals surface area contributed by atoms with E-state index in [1.807, 2.05) is 6.92 Å². The molecule has 1 saturated heterocycles. The van der Waals surface area contributed by atoms with Gasteiger partial charge in [0, 0.05) is 25.8 Å². The Morgan fingerprint density at radius 1 is 1.38 bits per heavy atom. The Balaban J connectivity index is 1.76. The molecule has 6 nitrogen and oxygen atoms in total. The first-order valence-corrected chi connectivity index (χ1v) is 10.4. The van der Waals surface area contributed by atoms with Crippen LogP contribution < -0.4 is 10.1 Å². The SMILES string of the molecule is CCCNC(=O)C1CCCN(C(=O)c2cccnc2Oc2ccc(F)cc2Br)C1. The molecule has 154 valence electrons. The number of nitrogens with zero attached hydrogens (tertiary/aromatic N) is 2. The van der Waals surface area contributed by atoms with Gasteiger partial charge in [0.25, 0.3) is 5.91 Å². The molecule has 1 aliphatic rings. The summed E-state index contributed by atoms with van der Waals surface area (Å²) < 4.78 is 19.5. The second kappa shape index (κ2) is 9.82. The molecule has 3 rings (SSSR count). The highest BCUT2D eigenvalue weighted by atomic mass is 79.9. The second-order valence-electron chi connectivity index (χ2n) is 6.91. The molecule has 0 aliphatic carbocycles. The third-order valence-electron chi connectivity index (χ3n) is 4.73. The van der Waals surface area contributed by atoms with E-state index in [0.29, 0.717) is 35.4 Å². The molecular weight excluding hydrogens is 441 g/mol. The highest BCUT2D eigenvalue weighted by Crippen LogP contribution is 2.31. The molecule has 0 bridgehead atoms. The van der Waals surface area contributed by atoms with E-state index in [0.717, 1.165) is 19.3 Å². The number of benzene rings is 1. The standard InChI is InChI=1S/C21H23BrFN3O3/c1-2-9-24-19(27)14-5-4-11-26(13-14)21(28)16-6-3-10-25-20(16)29-18-8-7-15(23)12-17(18)22/h3,6-8,10,12,14H,2,4-5,9,11,13H2,1H3,(H,24,27). The van der Waals surface area contributed by atoms with Crippen LogP contribution in [0.25, 0.3) is 0 Å². The molecule has 1 N–H and O–H groups in total. The zero-order chi connectivity index (χ0) is 20.8. The van der Waals surface area contributed by atoms with Gasteiger partial charge in [-0.15, -0.1) is 0 Å². The van der Waals surface area contributed by atoms with E-state index >= 15 is 0 Å². The minimum absolute atomic E-state index is 0.0118. The van der Waals surface area contributed by atoms with Gasteiger partial charge >= 0.3 is 0 Å². The highest BCUT2D eigenvalue weighted by Gasteiger charge is 2.30. The molecule has 2 aromatic rings. The third-order valence-corrected chi connectivity index (χ3v) is 5.35. The zero-order valence-electron chi connectivity index (χ0n) is 16.2. The van der Waals surface area contributed by atoms with E-state index in [1.165, 1.54) is 24.4 Å². The first-order chi connectivity index (χ1) is 14.0. The first kappa shape index (κ1) is 21.2. The smallest absolute Gasteiger partial charge is 0.259 e. The van der Waals surface area contributed by atoms with Crippen molar-refractivity contribution in [1.29, 1.82) is 0 Å². The maximum atomic E-state index is 13.3. The average molecular weight is 464 g/mol. The van der Waals surface area contributed by atoms with E-state index in [-0.39, 0.29) is 23.6 Å². The quantitative estimate of drug-likeness (QED) is 0.697. The lowest BCUT2D eigenvalue weighted by Crippen LogP contribution is -2.45. The topological polar surface area (TPSA) is 71.5 Å². The van der Waals surface area contributed by atoms with Gasteiger partial charge < -0.3 is 15.0 Å². The number of rotatable bonds is 6. The van der Waals surface area contributed by atoms with Crippen molar-refractivity contribution in [1.82, 2.24) is 15.2 Å². The summed E-state index contributed by atoms with van der Waals surface area (Å²) in [6, 6.07) is 7.33. The van der Waals surface area contributed by atoms with Crippen molar-refractivity contribution in [3.05, 3.63) is 52.4 Å². The Bertz CT molecular complexity index is 893. The van der Waals surface area contributed by atoms with Crippen molar-refractivity contribution in [2.45, 2.75) is 26.2 Å². The number of amides is 2. The number of nitrogens with one attached hydrogen (secondary N) is 1. The fourth-order valence-electron chi connectivity index (χ4n) is 3.24. The lowest BCUT2D eigenvalue weighted by atomic mass is 9.96. The van der Waals surface area contributed by atoms with Crippen molar-refractivity contribution in [2.24, 2.45) is 5.92 Å². The van der Waals surface area contributed by atoms with Crippen LogP contribution >= 0.6 is 15.9 Å². The van der Waals surface area contributed by atoms with Crippen LogP contribution in [-0.2, 0) is 4.79 Å². The molecule has 8 heteroatoms. The van der Waals surface area contributed by atoms with E-state index in [1.54, 1.807) is 17.0 Å². The fraction of sp³-hybridized carbons (Fsp3) is 0.381. The predicted octanol–water partition coefficient (Wildman–Crippen LogP) is 4.15. The monoisotopic (exact) mass is 463 g/mol. The molecule has 1 aromatic carbocycles. The van der Waals surface area contributed by atoms with Crippen LogP contribution in [0, 0.1) is 11.7 Å². The molecule has 29 heavy (non-hydrogen) atoms.